The molecule has 1 aliphatic heterocycles. The number of ether oxygens (including phenoxy) is 1. The van der Waals surface area contributed by atoms with E-state index in [2.05, 4.69) is 26.1 Å². The van der Waals surface area contributed by atoms with Crippen LogP contribution in [0.15, 0.2) is 65.4 Å². The van der Waals surface area contributed by atoms with Gasteiger partial charge in [-0.05, 0) is 62.3 Å². The number of ketones is 1. The summed E-state index contributed by atoms with van der Waals surface area (Å²) in [5.74, 6) is -1.22. The molecule has 1 fully saturated rings. The molecular formula is C32H39N5O6. The molecule has 0 bridgehead atoms. The number of carbonyl (C=O) groups is 4. The minimum absolute atomic E-state index is 0.0481. The third-order valence-corrected chi connectivity index (χ3v) is 7.31. The van der Waals surface area contributed by atoms with Crippen molar-refractivity contribution in [1.29, 1.82) is 0 Å². The first-order valence-corrected chi connectivity index (χ1v) is 14.5. The number of rotatable bonds is 15. The van der Waals surface area contributed by atoms with Gasteiger partial charge >= 0.3 is 0 Å². The summed E-state index contributed by atoms with van der Waals surface area (Å²) in [6.07, 6.45) is 4.55. The lowest BCUT2D eigenvalue weighted by atomic mass is 9.93. The van der Waals surface area contributed by atoms with Gasteiger partial charge in [0.1, 0.15) is 23.4 Å². The smallest absolute Gasteiger partial charge is 0.274 e. The summed E-state index contributed by atoms with van der Waals surface area (Å²) in [5, 5.41) is 12.2. The fourth-order valence-corrected chi connectivity index (χ4v) is 4.76. The lowest BCUT2D eigenvalue weighted by Gasteiger charge is -2.26. The third kappa shape index (κ3) is 9.05. The number of aromatic nitrogens is 2. The summed E-state index contributed by atoms with van der Waals surface area (Å²) in [6.45, 7) is 7.62. The topological polar surface area (TPSA) is 156 Å². The van der Waals surface area contributed by atoms with E-state index < -0.39 is 41.4 Å². The van der Waals surface area contributed by atoms with Crippen molar-refractivity contribution in [2.24, 2.45) is 5.92 Å². The SMILES string of the molecule is Cc1cc(C(=O)N[C@@H](CCc2ccccc2)C(=O)N[C@@H](Cc2ccncc2)C(=O)NC(CC(C)C)C(=O)[C@@]2(C)CO2)no1. The molecule has 0 radical (unpaired) electrons. The van der Waals surface area contributed by atoms with Crippen LogP contribution in [0.1, 0.15) is 61.0 Å². The van der Waals surface area contributed by atoms with Crippen LogP contribution in [0.25, 0.3) is 0 Å². The minimum atomic E-state index is -1.03. The number of nitrogens with zero attached hydrogens (tertiary/aromatic N) is 2. The van der Waals surface area contributed by atoms with E-state index in [9.17, 15) is 19.2 Å². The molecule has 1 saturated heterocycles. The van der Waals surface area contributed by atoms with E-state index in [-0.39, 0.29) is 30.2 Å². The Hall–Kier alpha value is -4.38. The van der Waals surface area contributed by atoms with Gasteiger partial charge in [-0.3, -0.25) is 24.2 Å². The molecule has 3 heterocycles. The maximum Gasteiger partial charge on any atom is 0.274 e. The maximum atomic E-state index is 13.8. The molecule has 3 N–H and O–H groups in total. The van der Waals surface area contributed by atoms with Crippen LogP contribution in [-0.4, -0.2) is 64.0 Å². The summed E-state index contributed by atoms with van der Waals surface area (Å²) >= 11 is 0. The molecule has 0 saturated carbocycles. The van der Waals surface area contributed by atoms with Gasteiger partial charge in [-0.25, -0.2) is 0 Å². The monoisotopic (exact) mass is 589 g/mol. The fourth-order valence-electron chi connectivity index (χ4n) is 4.76. The molecule has 0 spiro atoms. The predicted molar refractivity (Wildman–Crippen MR) is 158 cm³/mol. The Labute approximate surface area is 251 Å². The molecule has 1 aromatic carbocycles. The Morgan fingerprint density at radius 1 is 0.907 bits per heavy atom. The van der Waals surface area contributed by atoms with Gasteiger partial charge in [0.2, 0.25) is 11.8 Å². The maximum absolute atomic E-state index is 13.8. The number of epoxide rings is 1. The van der Waals surface area contributed by atoms with Crippen molar-refractivity contribution in [1.82, 2.24) is 26.1 Å². The van der Waals surface area contributed by atoms with Crippen molar-refractivity contribution in [3.63, 3.8) is 0 Å². The third-order valence-electron chi connectivity index (χ3n) is 7.31. The van der Waals surface area contributed by atoms with E-state index in [0.29, 0.717) is 25.2 Å². The molecule has 1 unspecified atom stereocenters. The highest BCUT2D eigenvalue weighted by Gasteiger charge is 2.50. The zero-order valence-electron chi connectivity index (χ0n) is 25.0. The number of benzene rings is 1. The summed E-state index contributed by atoms with van der Waals surface area (Å²) in [5.41, 5.74) is 0.890. The normalized spacial score (nSPS) is 17.9. The van der Waals surface area contributed by atoms with Gasteiger partial charge in [0.25, 0.3) is 5.91 Å². The van der Waals surface area contributed by atoms with Crippen LogP contribution in [0.3, 0.4) is 0 Å². The van der Waals surface area contributed by atoms with Gasteiger partial charge in [-0.1, -0.05) is 49.3 Å². The molecule has 3 amide bonds. The number of hydrogen-bond donors (Lipinski definition) is 3. The highest BCUT2D eigenvalue weighted by atomic mass is 16.6. The van der Waals surface area contributed by atoms with E-state index in [1.807, 2.05) is 44.2 Å². The lowest BCUT2D eigenvalue weighted by Crippen LogP contribution is -2.57. The lowest BCUT2D eigenvalue weighted by molar-refractivity contribution is -0.133. The Morgan fingerprint density at radius 2 is 1.56 bits per heavy atom. The number of amides is 3. The van der Waals surface area contributed by atoms with Gasteiger partial charge < -0.3 is 25.2 Å². The molecule has 4 atom stereocenters. The van der Waals surface area contributed by atoms with Crippen LogP contribution in [-0.2, 0) is 32.0 Å². The van der Waals surface area contributed by atoms with E-state index in [1.165, 1.54) is 6.07 Å². The summed E-state index contributed by atoms with van der Waals surface area (Å²) in [6, 6.07) is 11.8. The molecule has 11 nitrogen and oxygen atoms in total. The first kappa shape index (κ1) is 31.6. The zero-order chi connectivity index (χ0) is 31.0. The summed E-state index contributed by atoms with van der Waals surface area (Å²) in [4.78, 5) is 57.7. The number of aryl methyl sites for hydroxylation is 2. The molecule has 1 aliphatic rings. The molecule has 2 aromatic heterocycles. The van der Waals surface area contributed by atoms with E-state index in [4.69, 9.17) is 9.26 Å². The second kappa shape index (κ2) is 14.2. The Balaban J connectivity index is 1.54. The first-order chi connectivity index (χ1) is 20.5. The van der Waals surface area contributed by atoms with Crippen LogP contribution in [0.4, 0.5) is 0 Å². The van der Waals surface area contributed by atoms with Crippen LogP contribution in [0, 0.1) is 12.8 Å². The Bertz CT molecular complexity index is 1400. The number of nitrogens with one attached hydrogen (secondary N) is 3. The van der Waals surface area contributed by atoms with Crippen LogP contribution >= 0.6 is 0 Å². The van der Waals surface area contributed by atoms with Gasteiger partial charge in [-0.15, -0.1) is 0 Å². The van der Waals surface area contributed by atoms with Gasteiger partial charge in [0.05, 0.1) is 12.6 Å². The molecule has 4 rings (SSSR count). The minimum Gasteiger partial charge on any atom is -0.361 e. The van der Waals surface area contributed by atoms with Crippen LogP contribution < -0.4 is 16.0 Å². The predicted octanol–water partition coefficient (Wildman–Crippen LogP) is 2.73. The number of hydrogen-bond acceptors (Lipinski definition) is 8. The number of pyridine rings is 1. The molecule has 228 valence electrons. The first-order valence-electron chi connectivity index (χ1n) is 14.5. The van der Waals surface area contributed by atoms with Crippen molar-refractivity contribution in [3.05, 3.63) is 83.5 Å². The molecule has 0 aliphatic carbocycles. The van der Waals surface area contributed by atoms with E-state index in [0.717, 1.165) is 11.1 Å². The van der Waals surface area contributed by atoms with E-state index >= 15 is 0 Å². The van der Waals surface area contributed by atoms with Crippen molar-refractivity contribution < 1.29 is 28.4 Å². The highest BCUT2D eigenvalue weighted by molar-refractivity contribution is 5.99. The zero-order valence-corrected chi connectivity index (χ0v) is 25.0. The van der Waals surface area contributed by atoms with Gasteiger partial charge in [-0.2, -0.15) is 0 Å². The summed E-state index contributed by atoms with van der Waals surface area (Å²) < 4.78 is 10.4. The molecule has 11 heteroatoms. The van der Waals surface area contributed by atoms with E-state index in [1.54, 1.807) is 38.4 Å². The van der Waals surface area contributed by atoms with Crippen molar-refractivity contribution in [2.75, 3.05) is 6.61 Å². The summed E-state index contributed by atoms with van der Waals surface area (Å²) in [7, 11) is 0. The average molecular weight is 590 g/mol. The quantitative estimate of drug-likeness (QED) is 0.229. The average Bonchev–Trinajstić information content (AvgIpc) is 3.59. The van der Waals surface area contributed by atoms with Gasteiger partial charge in [0.15, 0.2) is 11.5 Å². The molecule has 3 aromatic rings. The number of Topliss-reactive ketones (excluding diaryl/α,β-unsaturated/α-hetero) is 1. The largest absolute Gasteiger partial charge is 0.361 e. The van der Waals surface area contributed by atoms with Gasteiger partial charge in [0, 0.05) is 24.9 Å². The fraction of sp³-hybridized carbons (Fsp3) is 0.438. The molecule has 43 heavy (non-hydrogen) atoms. The van der Waals surface area contributed by atoms with Crippen LogP contribution in [0.2, 0.25) is 0 Å². The van der Waals surface area contributed by atoms with Crippen LogP contribution in [0.5, 0.6) is 0 Å². The Kier molecular flexibility index (Phi) is 10.4. The van der Waals surface area contributed by atoms with Crippen molar-refractivity contribution in [3.8, 4) is 0 Å². The van der Waals surface area contributed by atoms with Crippen molar-refractivity contribution >= 4 is 23.5 Å². The Morgan fingerprint density at radius 3 is 2.16 bits per heavy atom. The highest BCUT2D eigenvalue weighted by Crippen LogP contribution is 2.29. The second-order valence-electron chi connectivity index (χ2n) is 11.6. The standard InChI is InChI=1S/C32H39N5O6/c1-20(2)16-25(28(38)32(4)19-42-32)35-30(40)26(18-23-12-14-33-15-13-23)36-29(39)24(11-10-22-8-6-5-7-9-22)34-31(41)27-17-21(3)43-37-27/h5-9,12-15,17,20,24-26H,10-11,16,18-19H2,1-4H3,(H,34,41)(H,35,40)(H,36,39)/t24-,25?,26-,32+/m0/s1. The second-order valence-corrected chi connectivity index (χ2v) is 11.6. The van der Waals surface area contributed by atoms with Crippen molar-refractivity contribution in [2.45, 2.75) is 77.1 Å². The molecular weight excluding hydrogens is 550 g/mol. The number of carbonyl (C=O) groups excluding carboxylic acids is 4.